The van der Waals surface area contributed by atoms with E-state index in [1.165, 1.54) is 15.6 Å². The van der Waals surface area contributed by atoms with Gasteiger partial charge in [0.1, 0.15) is 0 Å². The van der Waals surface area contributed by atoms with Crippen LogP contribution in [0.4, 0.5) is 0 Å². The maximum Gasteiger partial charge on any atom is 0.244 e. The van der Waals surface area contributed by atoms with Crippen molar-refractivity contribution in [2.45, 2.75) is 36.8 Å². The minimum atomic E-state index is -3.45. The first-order valence-electron chi connectivity index (χ1n) is 6.40. The zero-order valence-corrected chi connectivity index (χ0v) is 12.7. The van der Waals surface area contributed by atoms with Gasteiger partial charge in [-0.15, -0.1) is 11.3 Å². The lowest BCUT2D eigenvalue weighted by Gasteiger charge is -2.27. The summed E-state index contributed by atoms with van der Waals surface area (Å²) in [5, 5.41) is 1.76. The number of rotatable bonds is 5. The van der Waals surface area contributed by atoms with Crippen molar-refractivity contribution in [3.05, 3.63) is 16.3 Å². The van der Waals surface area contributed by atoms with E-state index in [4.69, 9.17) is 10.5 Å². The molecule has 1 unspecified atom stereocenters. The van der Waals surface area contributed by atoms with Crippen molar-refractivity contribution in [2.75, 3.05) is 20.2 Å². The maximum atomic E-state index is 12.5. The van der Waals surface area contributed by atoms with Gasteiger partial charge in [0.2, 0.25) is 10.0 Å². The highest BCUT2D eigenvalue weighted by Crippen LogP contribution is 2.25. The maximum absolute atomic E-state index is 12.5. The van der Waals surface area contributed by atoms with Crippen molar-refractivity contribution in [3.63, 3.8) is 0 Å². The number of sulfonamides is 1. The summed E-state index contributed by atoms with van der Waals surface area (Å²) in [6.07, 6.45) is 3.10. The zero-order chi connectivity index (χ0) is 13.9. The summed E-state index contributed by atoms with van der Waals surface area (Å²) in [5.41, 5.74) is 5.58. The highest BCUT2D eigenvalue weighted by atomic mass is 32.2. The Bertz CT molecular complexity index is 507. The second-order valence-corrected chi connectivity index (χ2v) is 7.70. The van der Waals surface area contributed by atoms with Crippen LogP contribution in [0, 0.1) is 0 Å². The second kappa shape index (κ2) is 6.32. The Kier molecular flexibility index (Phi) is 4.97. The molecule has 0 bridgehead atoms. The molecule has 0 saturated carbocycles. The van der Waals surface area contributed by atoms with Gasteiger partial charge in [-0.3, -0.25) is 0 Å². The van der Waals surface area contributed by atoms with Crippen molar-refractivity contribution in [3.8, 4) is 0 Å². The first kappa shape index (κ1) is 14.9. The van der Waals surface area contributed by atoms with Gasteiger partial charge in [0.25, 0.3) is 0 Å². The third-order valence-corrected chi connectivity index (χ3v) is 6.29. The molecule has 1 saturated heterocycles. The molecule has 1 aliphatic heterocycles. The van der Waals surface area contributed by atoms with Crippen molar-refractivity contribution in [1.82, 2.24) is 4.31 Å². The van der Waals surface area contributed by atoms with Crippen LogP contribution in [0.1, 0.15) is 24.1 Å². The standard InChI is InChI=1S/C12H20N2O3S2/c1-14(9-10-4-2-3-6-17-10)19(15,16)12-5-7-18-11(12)8-13/h5,7,10H,2-4,6,8-9,13H2,1H3. The van der Waals surface area contributed by atoms with E-state index < -0.39 is 10.0 Å². The zero-order valence-electron chi connectivity index (χ0n) is 11.0. The Morgan fingerprint density at radius 2 is 2.32 bits per heavy atom. The lowest BCUT2D eigenvalue weighted by Crippen LogP contribution is -2.37. The van der Waals surface area contributed by atoms with Crippen LogP contribution in [0.25, 0.3) is 0 Å². The molecular formula is C12H20N2O3S2. The fraction of sp³-hybridized carbons (Fsp3) is 0.667. The predicted octanol–water partition coefficient (Wildman–Crippen LogP) is 1.40. The molecule has 5 nitrogen and oxygen atoms in total. The van der Waals surface area contributed by atoms with Crippen LogP contribution in [0.15, 0.2) is 16.3 Å². The van der Waals surface area contributed by atoms with Crippen LogP contribution in [-0.4, -0.2) is 39.0 Å². The molecule has 108 valence electrons. The summed E-state index contributed by atoms with van der Waals surface area (Å²) in [6, 6.07) is 1.63. The quantitative estimate of drug-likeness (QED) is 0.892. The molecule has 0 radical (unpaired) electrons. The first-order chi connectivity index (χ1) is 9.05. The number of hydrogen-bond acceptors (Lipinski definition) is 5. The summed E-state index contributed by atoms with van der Waals surface area (Å²) >= 11 is 1.38. The average molecular weight is 304 g/mol. The normalized spacial score (nSPS) is 20.9. The molecule has 19 heavy (non-hydrogen) atoms. The minimum absolute atomic E-state index is 0.00786. The van der Waals surface area contributed by atoms with E-state index in [1.54, 1.807) is 18.5 Å². The van der Waals surface area contributed by atoms with Crippen molar-refractivity contribution < 1.29 is 13.2 Å². The largest absolute Gasteiger partial charge is 0.377 e. The molecule has 1 fully saturated rings. The van der Waals surface area contributed by atoms with Gasteiger partial charge < -0.3 is 10.5 Å². The van der Waals surface area contributed by atoms with Gasteiger partial charge in [0.05, 0.1) is 11.0 Å². The fourth-order valence-corrected chi connectivity index (χ4v) is 4.72. The second-order valence-electron chi connectivity index (χ2n) is 4.69. The molecule has 2 heterocycles. The molecule has 7 heteroatoms. The number of nitrogens with two attached hydrogens (primary N) is 1. The number of thiophene rings is 1. The Morgan fingerprint density at radius 1 is 1.53 bits per heavy atom. The Balaban J connectivity index is 2.10. The predicted molar refractivity (Wildman–Crippen MR) is 75.6 cm³/mol. The van der Waals surface area contributed by atoms with Crippen molar-refractivity contribution in [1.29, 1.82) is 0 Å². The van der Waals surface area contributed by atoms with E-state index in [0.29, 0.717) is 16.3 Å². The number of ether oxygens (including phenoxy) is 1. The van der Waals surface area contributed by atoms with Crippen LogP contribution < -0.4 is 5.73 Å². The van der Waals surface area contributed by atoms with Crippen molar-refractivity contribution in [2.24, 2.45) is 5.73 Å². The van der Waals surface area contributed by atoms with Gasteiger partial charge in [-0.25, -0.2) is 8.42 Å². The van der Waals surface area contributed by atoms with Crippen molar-refractivity contribution >= 4 is 21.4 Å². The third-order valence-electron chi connectivity index (χ3n) is 3.31. The van der Waals surface area contributed by atoms with Crippen LogP contribution in [0.2, 0.25) is 0 Å². The Hall–Kier alpha value is -0.470. The molecule has 1 aliphatic rings. The third kappa shape index (κ3) is 3.35. The summed E-state index contributed by atoms with van der Waals surface area (Å²) in [6.45, 7) is 1.38. The summed E-state index contributed by atoms with van der Waals surface area (Å²) < 4.78 is 31.9. The first-order valence-corrected chi connectivity index (χ1v) is 8.72. The van der Waals surface area contributed by atoms with Crippen LogP contribution in [0.5, 0.6) is 0 Å². The molecular weight excluding hydrogens is 284 g/mol. The number of nitrogens with zero attached hydrogens (tertiary/aromatic N) is 1. The van der Waals surface area contributed by atoms with Gasteiger partial charge in [0.15, 0.2) is 0 Å². The van der Waals surface area contributed by atoms with E-state index in [-0.39, 0.29) is 12.6 Å². The van der Waals surface area contributed by atoms with E-state index in [0.717, 1.165) is 25.9 Å². The Morgan fingerprint density at radius 3 is 2.95 bits per heavy atom. The molecule has 1 aromatic heterocycles. The molecule has 0 spiro atoms. The highest BCUT2D eigenvalue weighted by Gasteiger charge is 2.27. The van der Waals surface area contributed by atoms with Gasteiger partial charge >= 0.3 is 0 Å². The Labute approximate surface area is 118 Å². The SMILES string of the molecule is CN(CC1CCCCO1)S(=O)(=O)c1ccsc1CN. The van der Waals surface area contributed by atoms with E-state index >= 15 is 0 Å². The van der Waals surface area contributed by atoms with E-state index in [1.807, 2.05) is 0 Å². The molecule has 1 aromatic rings. The number of likely N-dealkylation sites (N-methyl/N-ethyl adjacent to an activating group) is 1. The molecule has 1 atom stereocenters. The molecule has 2 rings (SSSR count). The van der Waals surface area contributed by atoms with Gasteiger partial charge in [-0.1, -0.05) is 0 Å². The molecule has 2 N–H and O–H groups in total. The van der Waals surface area contributed by atoms with Gasteiger partial charge in [-0.05, 0) is 30.7 Å². The fourth-order valence-electron chi connectivity index (χ4n) is 2.21. The lowest BCUT2D eigenvalue weighted by molar-refractivity contribution is 0.00858. The summed E-state index contributed by atoms with van der Waals surface area (Å²) in [4.78, 5) is 1.04. The van der Waals surface area contributed by atoms with Gasteiger partial charge in [-0.2, -0.15) is 4.31 Å². The van der Waals surface area contributed by atoms with Crippen LogP contribution in [0.3, 0.4) is 0 Å². The molecule has 0 aromatic carbocycles. The number of hydrogen-bond donors (Lipinski definition) is 1. The monoisotopic (exact) mass is 304 g/mol. The van der Waals surface area contributed by atoms with Crippen LogP contribution in [-0.2, 0) is 21.3 Å². The van der Waals surface area contributed by atoms with Gasteiger partial charge in [0, 0.05) is 31.6 Å². The molecule has 0 amide bonds. The highest BCUT2D eigenvalue weighted by molar-refractivity contribution is 7.89. The molecule has 0 aliphatic carbocycles. The average Bonchev–Trinajstić information content (AvgIpc) is 2.88. The van der Waals surface area contributed by atoms with Crippen LogP contribution >= 0.6 is 11.3 Å². The lowest BCUT2D eigenvalue weighted by atomic mass is 10.1. The summed E-state index contributed by atoms with van der Waals surface area (Å²) in [5.74, 6) is 0. The topological polar surface area (TPSA) is 72.6 Å². The minimum Gasteiger partial charge on any atom is -0.377 e. The summed E-state index contributed by atoms with van der Waals surface area (Å²) in [7, 11) is -1.85. The smallest absolute Gasteiger partial charge is 0.244 e. The van der Waals surface area contributed by atoms with E-state index in [2.05, 4.69) is 0 Å². The van der Waals surface area contributed by atoms with E-state index in [9.17, 15) is 8.42 Å².